The molecule has 1 atom stereocenters. The van der Waals surface area contributed by atoms with Gasteiger partial charge in [-0.25, -0.2) is 4.79 Å². The van der Waals surface area contributed by atoms with Crippen molar-refractivity contribution in [3.8, 4) is 5.75 Å². The third-order valence-corrected chi connectivity index (χ3v) is 7.65. The second-order valence-electron chi connectivity index (χ2n) is 7.32. The average molecular weight is 568 g/mol. The van der Waals surface area contributed by atoms with Crippen molar-refractivity contribution in [1.82, 2.24) is 14.8 Å². The lowest BCUT2D eigenvalue weighted by molar-refractivity contribution is -0.113. The van der Waals surface area contributed by atoms with E-state index in [1.54, 1.807) is 0 Å². The highest BCUT2D eigenvalue weighted by Crippen LogP contribution is 2.34. The zero-order valence-electron chi connectivity index (χ0n) is 19.7. The number of methoxy groups -OCH3 is 1. The number of esters is 1. The molecule has 1 aromatic carbocycles. The number of hydrogen-bond donors (Lipinski definition) is 1. The molecule has 3 aromatic rings. The number of nitrogens with one attached hydrogen (secondary N) is 1. The average Bonchev–Trinajstić information content (AvgIpc) is 3.38. The molecule has 2 aromatic heterocycles. The van der Waals surface area contributed by atoms with Gasteiger partial charge in [-0.3, -0.25) is 4.79 Å². The number of carbonyl (C=O) groups is 2. The monoisotopic (exact) mass is 566 g/mol. The Morgan fingerprint density at radius 2 is 1.94 bits per heavy atom. The normalized spacial score (nSPS) is 11.8. The first kappa shape index (κ1) is 26.2. The van der Waals surface area contributed by atoms with Gasteiger partial charge in [0, 0.05) is 15.9 Å². The number of thioether (sulfide) groups is 1. The SMILES string of the molecule is CCc1c(C)sc(NC(=O)CSc2nnc(C(C)Oc3ccc(Br)cc3)n2CC)c1C(=O)OC. The summed E-state index contributed by atoms with van der Waals surface area (Å²) in [5, 5.41) is 12.6. The predicted molar refractivity (Wildman–Crippen MR) is 138 cm³/mol. The number of hydrogen-bond acceptors (Lipinski definition) is 8. The Balaban J connectivity index is 1.68. The Morgan fingerprint density at radius 1 is 1.24 bits per heavy atom. The summed E-state index contributed by atoms with van der Waals surface area (Å²) < 4.78 is 13.8. The molecule has 3 rings (SSSR count). The first-order valence-corrected chi connectivity index (χ1v) is 13.4. The van der Waals surface area contributed by atoms with Crippen molar-refractivity contribution >= 4 is 55.9 Å². The lowest BCUT2D eigenvalue weighted by atomic mass is 10.1. The number of aromatic nitrogens is 3. The van der Waals surface area contributed by atoms with Crippen molar-refractivity contribution in [2.45, 2.75) is 51.9 Å². The lowest BCUT2D eigenvalue weighted by Gasteiger charge is -2.15. The molecular formula is C23H27BrN4O4S2. The van der Waals surface area contributed by atoms with Gasteiger partial charge in [-0.05, 0) is 57.0 Å². The molecule has 0 spiro atoms. The Kier molecular flexibility index (Phi) is 9.15. The van der Waals surface area contributed by atoms with E-state index in [0.717, 1.165) is 20.7 Å². The van der Waals surface area contributed by atoms with Crippen molar-refractivity contribution < 1.29 is 19.1 Å². The molecule has 0 saturated carbocycles. The molecular weight excluding hydrogens is 540 g/mol. The van der Waals surface area contributed by atoms with Gasteiger partial charge in [0.2, 0.25) is 5.91 Å². The number of benzene rings is 1. The fourth-order valence-electron chi connectivity index (χ4n) is 3.48. The second-order valence-corrected chi connectivity index (χ2v) is 10.4. The van der Waals surface area contributed by atoms with Gasteiger partial charge >= 0.3 is 5.97 Å². The highest BCUT2D eigenvalue weighted by Gasteiger charge is 2.24. The third-order valence-electron chi connectivity index (χ3n) is 5.09. The molecule has 2 heterocycles. The van der Waals surface area contributed by atoms with Crippen LogP contribution in [0, 0.1) is 6.92 Å². The minimum atomic E-state index is -0.445. The summed E-state index contributed by atoms with van der Waals surface area (Å²) in [6.07, 6.45) is 0.362. The molecule has 0 saturated heterocycles. The standard InChI is InChI=1S/C23H27BrN4O4S2/c1-6-17-14(4)34-21(19(17)22(30)31-5)25-18(29)12-33-23-27-26-20(28(23)7-2)13(3)32-16-10-8-15(24)9-11-16/h8-11,13H,6-7,12H2,1-5H3,(H,25,29). The Labute approximate surface area is 215 Å². The quantitative estimate of drug-likeness (QED) is 0.250. The van der Waals surface area contributed by atoms with E-state index in [1.807, 2.05) is 56.5 Å². The number of thiophene rings is 1. The molecule has 0 bridgehead atoms. The number of rotatable bonds is 10. The summed E-state index contributed by atoms with van der Waals surface area (Å²) in [6.45, 7) is 8.45. The molecule has 8 nitrogen and oxygen atoms in total. The third kappa shape index (κ3) is 6.00. The number of halogens is 1. The fraction of sp³-hybridized carbons (Fsp3) is 0.391. The molecule has 0 aliphatic heterocycles. The van der Waals surface area contributed by atoms with E-state index in [9.17, 15) is 9.59 Å². The van der Waals surface area contributed by atoms with E-state index in [2.05, 4.69) is 31.4 Å². The van der Waals surface area contributed by atoms with Gasteiger partial charge < -0.3 is 19.4 Å². The maximum absolute atomic E-state index is 12.7. The molecule has 182 valence electrons. The van der Waals surface area contributed by atoms with Crippen LogP contribution in [0.4, 0.5) is 5.00 Å². The minimum absolute atomic E-state index is 0.124. The molecule has 0 aliphatic carbocycles. The van der Waals surface area contributed by atoms with E-state index in [1.165, 1.54) is 30.2 Å². The number of carbonyl (C=O) groups excluding carboxylic acids is 2. The van der Waals surface area contributed by atoms with Crippen LogP contribution < -0.4 is 10.1 Å². The lowest BCUT2D eigenvalue weighted by Crippen LogP contribution is -2.17. The van der Waals surface area contributed by atoms with Gasteiger partial charge in [-0.2, -0.15) is 0 Å². The Bertz CT molecular complexity index is 1160. The summed E-state index contributed by atoms with van der Waals surface area (Å²) in [5.41, 5.74) is 1.33. The fourth-order valence-corrected chi connectivity index (χ4v) is 5.70. The van der Waals surface area contributed by atoms with Crippen LogP contribution in [0.3, 0.4) is 0 Å². The second kappa shape index (κ2) is 11.9. The van der Waals surface area contributed by atoms with Gasteiger partial charge in [-0.15, -0.1) is 21.5 Å². The van der Waals surface area contributed by atoms with Crippen LogP contribution >= 0.6 is 39.0 Å². The van der Waals surface area contributed by atoms with Crippen LogP contribution in [0.15, 0.2) is 33.9 Å². The number of aryl methyl sites for hydroxylation is 1. The van der Waals surface area contributed by atoms with Crippen molar-refractivity contribution in [3.63, 3.8) is 0 Å². The molecule has 34 heavy (non-hydrogen) atoms. The molecule has 1 unspecified atom stereocenters. The van der Waals surface area contributed by atoms with Crippen LogP contribution in [0.2, 0.25) is 0 Å². The maximum Gasteiger partial charge on any atom is 0.341 e. The van der Waals surface area contributed by atoms with E-state index in [0.29, 0.717) is 34.5 Å². The highest BCUT2D eigenvalue weighted by atomic mass is 79.9. The van der Waals surface area contributed by atoms with Gasteiger partial charge in [0.15, 0.2) is 17.1 Å². The van der Waals surface area contributed by atoms with E-state index in [-0.39, 0.29) is 17.8 Å². The summed E-state index contributed by atoms with van der Waals surface area (Å²) in [5.74, 6) is 0.862. The van der Waals surface area contributed by atoms with Crippen LogP contribution in [0.5, 0.6) is 5.75 Å². The largest absolute Gasteiger partial charge is 0.483 e. The smallest absolute Gasteiger partial charge is 0.341 e. The molecule has 11 heteroatoms. The number of ether oxygens (including phenoxy) is 2. The maximum atomic E-state index is 12.7. The Hall–Kier alpha value is -2.37. The van der Waals surface area contributed by atoms with Gasteiger partial charge in [-0.1, -0.05) is 34.6 Å². The van der Waals surface area contributed by atoms with E-state index in [4.69, 9.17) is 9.47 Å². The van der Waals surface area contributed by atoms with E-state index < -0.39 is 5.97 Å². The minimum Gasteiger partial charge on any atom is -0.483 e. The highest BCUT2D eigenvalue weighted by molar-refractivity contribution is 9.10. The van der Waals surface area contributed by atoms with Gasteiger partial charge in [0.1, 0.15) is 10.8 Å². The zero-order valence-corrected chi connectivity index (χ0v) is 22.9. The Morgan fingerprint density at radius 3 is 2.56 bits per heavy atom. The summed E-state index contributed by atoms with van der Waals surface area (Å²) in [7, 11) is 1.34. The zero-order chi connectivity index (χ0) is 24.8. The topological polar surface area (TPSA) is 95.3 Å². The molecule has 1 N–H and O–H groups in total. The van der Waals surface area contributed by atoms with Crippen LogP contribution in [0.1, 0.15) is 53.5 Å². The van der Waals surface area contributed by atoms with Gasteiger partial charge in [0.05, 0.1) is 18.4 Å². The predicted octanol–water partition coefficient (Wildman–Crippen LogP) is 5.65. The summed E-state index contributed by atoms with van der Waals surface area (Å²) in [6, 6.07) is 7.59. The van der Waals surface area contributed by atoms with Crippen LogP contribution in [0.25, 0.3) is 0 Å². The van der Waals surface area contributed by atoms with Crippen molar-refractivity contribution in [3.05, 3.63) is 50.6 Å². The first-order chi connectivity index (χ1) is 16.3. The number of anilines is 1. The van der Waals surface area contributed by atoms with Gasteiger partial charge in [0.25, 0.3) is 0 Å². The van der Waals surface area contributed by atoms with Crippen LogP contribution in [-0.2, 0) is 22.5 Å². The molecule has 1 amide bonds. The molecule has 0 radical (unpaired) electrons. The molecule has 0 fully saturated rings. The van der Waals surface area contributed by atoms with Crippen LogP contribution in [-0.4, -0.2) is 39.5 Å². The summed E-state index contributed by atoms with van der Waals surface area (Å²) in [4.78, 5) is 26.0. The summed E-state index contributed by atoms with van der Waals surface area (Å²) >= 11 is 6.08. The van der Waals surface area contributed by atoms with Crippen molar-refractivity contribution in [2.75, 3.05) is 18.2 Å². The van der Waals surface area contributed by atoms with E-state index >= 15 is 0 Å². The molecule has 0 aliphatic rings. The van der Waals surface area contributed by atoms with Crippen molar-refractivity contribution in [2.24, 2.45) is 0 Å². The first-order valence-electron chi connectivity index (χ1n) is 10.8. The number of nitrogens with zero attached hydrogens (tertiary/aromatic N) is 3. The number of amides is 1. The van der Waals surface area contributed by atoms with Crippen molar-refractivity contribution in [1.29, 1.82) is 0 Å².